The Hall–Kier alpha value is -2.19. The fourth-order valence-electron chi connectivity index (χ4n) is 3.46. The van der Waals surface area contributed by atoms with E-state index in [-0.39, 0.29) is 31.0 Å². The van der Waals surface area contributed by atoms with E-state index >= 15 is 0 Å². The molecule has 0 aromatic carbocycles. The van der Waals surface area contributed by atoms with E-state index < -0.39 is 11.2 Å². The smallest absolute Gasteiger partial charge is 0.325 e. The van der Waals surface area contributed by atoms with E-state index in [1.165, 1.54) is 4.88 Å². The van der Waals surface area contributed by atoms with Gasteiger partial charge in [0.25, 0.3) is 5.56 Å². The Morgan fingerprint density at radius 2 is 2.21 bits per heavy atom. The van der Waals surface area contributed by atoms with Crippen molar-refractivity contribution in [3.8, 4) is 0 Å². The second-order valence-electron chi connectivity index (χ2n) is 6.19. The molecular formula is C16H17N3O4S. The lowest BCUT2D eigenvalue weighted by molar-refractivity contribution is -0.141. The summed E-state index contributed by atoms with van der Waals surface area (Å²) in [5, 5.41) is 2.03. The van der Waals surface area contributed by atoms with Crippen molar-refractivity contribution in [3.05, 3.63) is 54.0 Å². The van der Waals surface area contributed by atoms with Gasteiger partial charge in [-0.25, -0.2) is 4.79 Å². The molecule has 0 radical (unpaired) electrons. The van der Waals surface area contributed by atoms with Gasteiger partial charge in [-0.15, -0.1) is 11.3 Å². The van der Waals surface area contributed by atoms with Crippen LogP contribution in [0.5, 0.6) is 0 Å². The highest BCUT2D eigenvalue weighted by atomic mass is 32.1. The number of H-pyrrole nitrogens is 2. The second-order valence-corrected chi connectivity index (χ2v) is 7.19. The lowest BCUT2D eigenvalue weighted by atomic mass is 9.94. The van der Waals surface area contributed by atoms with Gasteiger partial charge in [0.1, 0.15) is 0 Å². The Kier molecular flexibility index (Phi) is 3.65. The van der Waals surface area contributed by atoms with Crippen molar-refractivity contribution < 1.29 is 9.53 Å². The summed E-state index contributed by atoms with van der Waals surface area (Å²) in [4.78, 5) is 43.8. The molecule has 2 aliphatic rings. The highest BCUT2D eigenvalue weighted by Crippen LogP contribution is 2.37. The maximum absolute atomic E-state index is 12.9. The zero-order valence-electron chi connectivity index (χ0n) is 13.1. The fraction of sp³-hybridized carbons (Fsp3) is 0.438. The highest BCUT2D eigenvalue weighted by molar-refractivity contribution is 7.10. The predicted molar refractivity (Wildman–Crippen MR) is 87.8 cm³/mol. The summed E-state index contributed by atoms with van der Waals surface area (Å²) in [6.45, 7) is 2.94. The molecule has 0 fully saturated rings. The number of hydrogen-bond acceptors (Lipinski definition) is 5. The minimum absolute atomic E-state index is 0.0736. The Morgan fingerprint density at radius 1 is 1.38 bits per heavy atom. The minimum atomic E-state index is -0.542. The molecule has 0 spiro atoms. The number of aromatic amines is 2. The molecule has 126 valence electrons. The van der Waals surface area contributed by atoms with Gasteiger partial charge in [-0.2, -0.15) is 0 Å². The average molecular weight is 347 g/mol. The van der Waals surface area contributed by atoms with E-state index in [1.807, 2.05) is 18.4 Å². The average Bonchev–Trinajstić information content (AvgIpc) is 3.19. The van der Waals surface area contributed by atoms with Crippen LogP contribution in [0.25, 0.3) is 0 Å². The molecule has 2 unspecified atom stereocenters. The topological polar surface area (TPSA) is 95.3 Å². The van der Waals surface area contributed by atoms with Crippen LogP contribution in [0.3, 0.4) is 0 Å². The molecule has 4 rings (SSSR count). The van der Waals surface area contributed by atoms with Crippen molar-refractivity contribution in [1.82, 2.24) is 14.9 Å². The zero-order valence-corrected chi connectivity index (χ0v) is 13.9. The Bertz CT molecular complexity index is 913. The summed E-state index contributed by atoms with van der Waals surface area (Å²) in [6, 6.07) is 2.02. The third-order valence-corrected chi connectivity index (χ3v) is 5.69. The van der Waals surface area contributed by atoms with Gasteiger partial charge in [-0.3, -0.25) is 14.6 Å². The fourth-order valence-corrected chi connectivity index (χ4v) is 4.36. The van der Waals surface area contributed by atoms with Crippen molar-refractivity contribution in [3.63, 3.8) is 0 Å². The van der Waals surface area contributed by atoms with Crippen molar-refractivity contribution >= 4 is 17.2 Å². The molecule has 2 aromatic heterocycles. The molecule has 8 heteroatoms. The van der Waals surface area contributed by atoms with E-state index in [0.717, 1.165) is 12.0 Å². The summed E-state index contributed by atoms with van der Waals surface area (Å²) in [6.07, 6.45) is 0.629. The van der Waals surface area contributed by atoms with Crippen LogP contribution < -0.4 is 11.2 Å². The normalized spacial score (nSPS) is 20.5. The number of nitrogens with one attached hydrogen (secondary N) is 2. The first-order valence-electron chi connectivity index (χ1n) is 7.85. The summed E-state index contributed by atoms with van der Waals surface area (Å²) < 4.78 is 5.86. The predicted octanol–water partition coefficient (Wildman–Crippen LogP) is 0.917. The lowest BCUT2D eigenvalue weighted by Gasteiger charge is -2.30. The second kappa shape index (κ2) is 5.71. The number of hydrogen-bond donors (Lipinski definition) is 2. The van der Waals surface area contributed by atoms with Crippen LogP contribution in [0.1, 0.15) is 34.7 Å². The third-order valence-electron chi connectivity index (χ3n) is 4.70. The number of aromatic nitrogens is 2. The molecule has 0 saturated heterocycles. The molecule has 0 bridgehead atoms. The van der Waals surface area contributed by atoms with Crippen LogP contribution in [0.15, 0.2) is 21.0 Å². The van der Waals surface area contributed by atoms with Gasteiger partial charge in [0.2, 0.25) is 5.91 Å². The van der Waals surface area contributed by atoms with Crippen LogP contribution in [-0.4, -0.2) is 27.4 Å². The van der Waals surface area contributed by atoms with Crippen molar-refractivity contribution in [1.29, 1.82) is 0 Å². The monoisotopic (exact) mass is 347 g/mol. The van der Waals surface area contributed by atoms with Crippen molar-refractivity contribution in [2.24, 2.45) is 5.92 Å². The van der Waals surface area contributed by atoms with E-state index in [2.05, 4.69) is 9.97 Å². The zero-order chi connectivity index (χ0) is 16.8. The quantitative estimate of drug-likeness (QED) is 0.844. The first-order valence-corrected chi connectivity index (χ1v) is 8.73. The van der Waals surface area contributed by atoms with Gasteiger partial charge in [-0.05, 0) is 17.0 Å². The first-order chi connectivity index (χ1) is 11.5. The SMILES string of the molecule is CC(C(=O)N1Cc2[nH]c(=O)[nH]c(=O)c2C1)C1OCCc2sccc21. The Balaban J connectivity index is 1.57. The molecule has 4 heterocycles. The number of nitrogens with zero attached hydrogens (tertiary/aromatic N) is 1. The van der Waals surface area contributed by atoms with Crippen LogP contribution in [-0.2, 0) is 29.0 Å². The Morgan fingerprint density at radius 3 is 3.04 bits per heavy atom. The number of fused-ring (bicyclic) bond motifs is 2. The number of ether oxygens (including phenoxy) is 1. The van der Waals surface area contributed by atoms with E-state index in [4.69, 9.17) is 4.74 Å². The number of thiophene rings is 1. The Labute approximate surface area is 141 Å². The molecule has 2 N–H and O–H groups in total. The molecule has 0 saturated carbocycles. The standard InChI is InChI=1S/C16H17N3O4S/c1-8(13-9-3-5-24-12(9)2-4-23-13)15(21)19-6-10-11(7-19)17-16(22)18-14(10)20/h3,5,8,13H,2,4,6-7H2,1H3,(H2,17,18,20,22). The largest absolute Gasteiger partial charge is 0.372 e. The number of carbonyl (C=O) groups is 1. The molecule has 0 aliphatic carbocycles. The summed E-state index contributed by atoms with van der Waals surface area (Å²) in [5.74, 6) is -0.422. The molecular weight excluding hydrogens is 330 g/mol. The minimum Gasteiger partial charge on any atom is -0.372 e. The van der Waals surface area contributed by atoms with Gasteiger partial charge >= 0.3 is 5.69 Å². The number of rotatable bonds is 2. The van der Waals surface area contributed by atoms with E-state index in [1.54, 1.807) is 16.2 Å². The van der Waals surface area contributed by atoms with Gasteiger partial charge in [0, 0.05) is 17.0 Å². The van der Waals surface area contributed by atoms with Crippen LogP contribution in [0.4, 0.5) is 0 Å². The van der Waals surface area contributed by atoms with E-state index in [0.29, 0.717) is 17.9 Å². The van der Waals surface area contributed by atoms with Gasteiger partial charge in [-0.1, -0.05) is 6.92 Å². The van der Waals surface area contributed by atoms with Gasteiger partial charge < -0.3 is 14.6 Å². The first kappa shape index (κ1) is 15.3. The van der Waals surface area contributed by atoms with Crippen molar-refractivity contribution in [2.75, 3.05) is 6.61 Å². The summed E-state index contributed by atoms with van der Waals surface area (Å²) in [7, 11) is 0. The lowest BCUT2D eigenvalue weighted by Crippen LogP contribution is -2.36. The third kappa shape index (κ3) is 2.42. The van der Waals surface area contributed by atoms with Crippen LogP contribution in [0, 0.1) is 5.92 Å². The number of amides is 1. The summed E-state index contributed by atoms with van der Waals surface area (Å²) >= 11 is 1.69. The van der Waals surface area contributed by atoms with Crippen molar-refractivity contribution in [2.45, 2.75) is 32.5 Å². The van der Waals surface area contributed by atoms with E-state index in [9.17, 15) is 14.4 Å². The number of carbonyl (C=O) groups excluding carboxylic acids is 1. The molecule has 7 nitrogen and oxygen atoms in total. The maximum Gasteiger partial charge on any atom is 0.325 e. The molecule has 2 aromatic rings. The van der Waals surface area contributed by atoms with Crippen LogP contribution in [0.2, 0.25) is 0 Å². The molecule has 1 amide bonds. The molecule has 2 atom stereocenters. The summed E-state index contributed by atoms with van der Waals surface area (Å²) in [5.41, 5.74) is 1.10. The molecule has 24 heavy (non-hydrogen) atoms. The highest BCUT2D eigenvalue weighted by Gasteiger charge is 2.36. The van der Waals surface area contributed by atoms with Crippen LogP contribution >= 0.6 is 11.3 Å². The van der Waals surface area contributed by atoms with Gasteiger partial charge in [0.15, 0.2) is 0 Å². The maximum atomic E-state index is 12.9. The van der Waals surface area contributed by atoms with Gasteiger partial charge in [0.05, 0.1) is 37.3 Å². The molecule has 2 aliphatic heterocycles.